The highest BCUT2D eigenvalue weighted by atomic mass is 32.1. The molecule has 0 N–H and O–H groups in total. The molecule has 0 amide bonds. The molecule has 0 unspecified atom stereocenters. The summed E-state index contributed by atoms with van der Waals surface area (Å²) in [6.07, 6.45) is 4.44. The molecule has 3 heterocycles. The van der Waals surface area contributed by atoms with Gasteiger partial charge < -0.3 is 14.2 Å². The first-order chi connectivity index (χ1) is 8.89. The number of thiazole rings is 1. The van der Waals surface area contributed by atoms with Gasteiger partial charge in [0.15, 0.2) is 5.13 Å². The molecule has 3 rings (SSSR count). The van der Waals surface area contributed by atoms with Crippen LogP contribution in [0.15, 0.2) is 6.20 Å². The highest BCUT2D eigenvalue weighted by molar-refractivity contribution is 7.25. The molecular weight excluding hydrogens is 259 g/mol. The molecule has 0 aromatic carbocycles. The van der Waals surface area contributed by atoms with Gasteiger partial charge in [0.1, 0.15) is 0 Å². The van der Waals surface area contributed by atoms with Crippen LogP contribution in [-0.4, -0.2) is 36.4 Å². The molecule has 2 saturated heterocycles. The molecule has 2 fully saturated rings. The molecule has 0 atom stereocenters. The molecule has 1 aromatic heterocycles. The van der Waals surface area contributed by atoms with E-state index >= 15 is 0 Å². The van der Waals surface area contributed by atoms with Crippen LogP contribution < -0.4 is 9.68 Å². The van der Waals surface area contributed by atoms with Gasteiger partial charge in [-0.25, -0.2) is 4.98 Å². The highest BCUT2D eigenvalue weighted by Crippen LogP contribution is 2.37. The van der Waals surface area contributed by atoms with Crippen LogP contribution in [0.5, 0.6) is 0 Å². The summed E-state index contributed by atoms with van der Waals surface area (Å²) in [4.78, 5) is 6.87. The predicted molar refractivity (Wildman–Crippen MR) is 79.3 cm³/mol. The molecule has 2 aliphatic heterocycles. The van der Waals surface area contributed by atoms with Gasteiger partial charge in [-0.1, -0.05) is 0 Å². The third kappa shape index (κ3) is 2.30. The van der Waals surface area contributed by atoms with Crippen molar-refractivity contribution in [3.05, 3.63) is 6.20 Å². The van der Waals surface area contributed by atoms with E-state index in [1.165, 1.54) is 12.8 Å². The zero-order valence-corrected chi connectivity index (χ0v) is 12.9. The first-order valence-corrected chi connectivity index (χ1v) is 7.77. The zero-order valence-electron chi connectivity index (χ0n) is 12.1. The third-order valence-corrected chi connectivity index (χ3v) is 5.45. The number of hydrogen-bond acceptors (Lipinski definition) is 5. The Kier molecular flexibility index (Phi) is 3.15. The number of aromatic nitrogens is 1. The second-order valence-corrected chi connectivity index (χ2v) is 7.37. The minimum Gasteiger partial charge on any atom is -0.399 e. The van der Waals surface area contributed by atoms with Crippen molar-refractivity contribution < 1.29 is 9.31 Å². The van der Waals surface area contributed by atoms with Crippen LogP contribution in [-0.2, 0) is 9.31 Å². The SMILES string of the molecule is CC1(C)OB(c2cnc(N3CCCC3)s2)OC1(C)C. The summed E-state index contributed by atoms with van der Waals surface area (Å²) in [6, 6.07) is 0. The van der Waals surface area contributed by atoms with Crippen LogP contribution in [0.2, 0.25) is 0 Å². The van der Waals surface area contributed by atoms with Gasteiger partial charge in [0.2, 0.25) is 0 Å². The molecule has 6 heteroatoms. The van der Waals surface area contributed by atoms with Gasteiger partial charge in [0.05, 0.1) is 16.0 Å². The maximum atomic E-state index is 6.06. The van der Waals surface area contributed by atoms with E-state index in [0.717, 1.165) is 23.0 Å². The van der Waals surface area contributed by atoms with Gasteiger partial charge in [-0.05, 0) is 40.5 Å². The minimum atomic E-state index is -0.282. The average molecular weight is 280 g/mol. The topological polar surface area (TPSA) is 34.6 Å². The van der Waals surface area contributed by atoms with Gasteiger partial charge in [-0.3, -0.25) is 0 Å². The van der Waals surface area contributed by atoms with Crippen LogP contribution in [0.1, 0.15) is 40.5 Å². The first kappa shape index (κ1) is 13.4. The molecule has 0 saturated carbocycles. The standard InChI is InChI=1S/C13H21BN2O2S/c1-12(2)13(3,4)18-14(17-12)10-9-15-11(19-10)16-7-5-6-8-16/h9H,5-8H2,1-4H3. The molecular formula is C13H21BN2O2S. The van der Waals surface area contributed by atoms with Crippen LogP contribution in [0.3, 0.4) is 0 Å². The van der Waals surface area contributed by atoms with Crippen molar-refractivity contribution in [3.63, 3.8) is 0 Å². The van der Waals surface area contributed by atoms with E-state index in [9.17, 15) is 0 Å². The summed E-state index contributed by atoms with van der Waals surface area (Å²) in [5, 5.41) is 1.10. The van der Waals surface area contributed by atoms with E-state index < -0.39 is 0 Å². The summed E-state index contributed by atoms with van der Waals surface area (Å²) in [7, 11) is -0.279. The quantitative estimate of drug-likeness (QED) is 0.776. The van der Waals surface area contributed by atoms with Crippen molar-refractivity contribution in [2.24, 2.45) is 0 Å². The van der Waals surface area contributed by atoms with Crippen molar-refractivity contribution in [1.82, 2.24) is 4.98 Å². The Morgan fingerprint density at radius 2 is 1.74 bits per heavy atom. The molecule has 0 radical (unpaired) electrons. The average Bonchev–Trinajstić information content (AvgIpc) is 3.00. The van der Waals surface area contributed by atoms with E-state index in [0.29, 0.717) is 0 Å². The molecule has 19 heavy (non-hydrogen) atoms. The van der Waals surface area contributed by atoms with Crippen molar-refractivity contribution in [2.75, 3.05) is 18.0 Å². The van der Waals surface area contributed by atoms with Crippen LogP contribution in [0, 0.1) is 0 Å². The lowest BCUT2D eigenvalue weighted by molar-refractivity contribution is 0.00578. The number of anilines is 1. The summed E-state index contributed by atoms with van der Waals surface area (Å²) in [5.41, 5.74) is -0.565. The fraction of sp³-hybridized carbons (Fsp3) is 0.769. The molecule has 0 bridgehead atoms. The van der Waals surface area contributed by atoms with E-state index in [2.05, 4.69) is 37.6 Å². The Morgan fingerprint density at radius 3 is 2.32 bits per heavy atom. The Hall–Kier alpha value is -0.585. The third-order valence-electron chi connectivity index (χ3n) is 4.37. The summed E-state index contributed by atoms with van der Waals surface area (Å²) in [6.45, 7) is 10.6. The Balaban J connectivity index is 1.77. The van der Waals surface area contributed by atoms with Gasteiger partial charge in [-0.2, -0.15) is 0 Å². The lowest BCUT2D eigenvalue weighted by atomic mass is 9.89. The van der Waals surface area contributed by atoms with Crippen LogP contribution in [0.25, 0.3) is 0 Å². The normalized spacial score (nSPS) is 25.3. The van der Waals surface area contributed by atoms with Crippen LogP contribution in [0.4, 0.5) is 5.13 Å². The number of hydrogen-bond donors (Lipinski definition) is 0. The lowest BCUT2D eigenvalue weighted by Gasteiger charge is -2.32. The van der Waals surface area contributed by atoms with Gasteiger partial charge in [0.25, 0.3) is 0 Å². The van der Waals surface area contributed by atoms with E-state index in [1.54, 1.807) is 11.3 Å². The van der Waals surface area contributed by atoms with Crippen molar-refractivity contribution in [2.45, 2.75) is 51.7 Å². The molecule has 104 valence electrons. The largest absolute Gasteiger partial charge is 0.507 e. The van der Waals surface area contributed by atoms with E-state index in [-0.39, 0.29) is 18.3 Å². The fourth-order valence-electron chi connectivity index (χ4n) is 2.40. The van der Waals surface area contributed by atoms with Gasteiger partial charge >= 0.3 is 7.12 Å². The lowest BCUT2D eigenvalue weighted by Crippen LogP contribution is -2.41. The van der Waals surface area contributed by atoms with E-state index in [1.807, 2.05) is 6.20 Å². The minimum absolute atomic E-state index is 0.279. The smallest absolute Gasteiger partial charge is 0.399 e. The van der Waals surface area contributed by atoms with E-state index in [4.69, 9.17) is 9.31 Å². The Bertz CT molecular complexity index is 453. The number of rotatable bonds is 2. The van der Waals surface area contributed by atoms with Crippen LogP contribution >= 0.6 is 11.3 Å². The second kappa shape index (κ2) is 4.47. The molecule has 1 aromatic rings. The molecule has 4 nitrogen and oxygen atoms in total. The number of nitrogens with zero attached hydrogens (tertiary/aromatic N) is 2. The predicted octanol–water partition coefficient (Wildman–Crippen LogP) is 2.04. The molecule has 0 spiro atoms. The fourth-order valence-corrected chi connectivity index (χ4v) is 3.33. The first-order valence-electron chi connectivity index (χ1n) is 6.95. The second-order valence-electron chi connectivity index (χ2n) is 6.33. The highest BCUT2D eigenvalue weighted by Gasteiger charge is 2.52. The Labute approximate surface area is 119 Å². The summed E-state index contributed by atoms with van der Waals surface area (Å²) in [5.74, 6) is 0. The zero-order chi connectivity index (χ0) is 13.7. The molecule has 0 aliphatic carbocycles. The van der Waals surface area contributed by atoms with Gasteiger partial charge in [0, 0.05) is 19.3 Å². The molecule has 2 aliphatic rings. The maximum Gasteiger partial charge on any atom is 0.507 e. The summed E-state index contributed by atoms with van der Waals surface area (Å²) < 4.78 is 13.2. The van der Waals surface area contributed by atoms with Crippen molar-refractivity contribution >= 4 is 28.4 Å². The maximum absolute atomic E-state index is 6.06. The van der Waals surface area contributed by atoms with Gasteiger partial charge in [-0.15, -0.1) is 11.3 Å². The summed E-state index contributed by atoms with van der Waals surface area (Å²) >= 11 is 1.69. The van der Waals surface area contributed by atoms with Crippen molar-refractivity contribution in [1.29, 1.82) is 0 Å². The Morgan fingerprint density at radius 1 is 1.16 bits per heavy atom. The van der Waals surface area contributed by atoms with Crippen molar-refractivity contribution in [3.8, 4) is 0 Å². The monoisotopic (exact) mass is 280 g/mol.